The minimum absolute atomic E-state index is 0.00542. The Hall–Kier alpha value is -0.620. The molecule has 1 aliphatic rings. The Morgan fingerprint density at radius 2 is 2.06 bits per heavy atom. The number of nitrogens with one attached hydrogen (secondary N) is 2. The van der Waals surface area contributed by atoms with Gasteiger partial charge in [0.15, 0.2) is 0 Å². The fraction of sp³-hybridized carbons (Fsp3) is 0.909. The first-order chi connectivity index (χ1) is 7.94. The Morgan fingerprint density at radius 1 is 1.41 bits per heavy atom. The molecule has 6 heteroatoms. The van der Waals surface area contributed by atoms with E-state index >= 15 is 0 Å². The fourth-order valence-electron chi connectivity index (χ4n) is 1.40. The quantitative estimate of drug-likeness (QED) is 0.607. The lowest BCUT2D eigenvalue weighted by atomic mass is 10.3. The second-order valence-electron chi connectivity index (χ2n) is 4.55. The van der Waals surface area contributed by atoms with Gasteiger partial charge < -0.3 is 10.6 Å². The van der Waals surface area contributed by atoms with Gasteiger partial charge in [0.1, 0.15) is 9.84 Å². The Kier molecular flexibility index (Phi) is 5.39. The van der Waals surface area contributed by atoms with Crippen LogP contribution in [0.1, 0.15) is 33.1 Å². The molecular weight excluding hydrogens is 240 g/mol. The lowest BCUT2D eigenvalue weighted by Crippen LogP contribution is -2.43. The molecule has 17 heavy (non-hydrogen) atoms. The third-order valence-electron chi connectivity index (χ3n) is 2.84. The van der Waals surface area contributed by atoms with Crippen molar-refractivity contribution in [1.82, 2.24) is 10.6 Å². The summed E-state index contributed by atoms with van der Waals surface area (Å²) < 4.78 is 22.4. The van der Waals surface area contributed by atoms with Crippen LogP contribution in [0, 0.1) is 0 Å². The van der Waals surface area contributed by atoms with Crippen LogP contribution in [0.4, 0.5) is 0 Å². The SMILES string of the molecule is CCS(=O)(=O)CCCNC(C)C(=O)NC1CC1. The topological polar surface area (TPSA) is 75.3 Å². The predicted molar refractivity (Wildman–Crippen MR) is 67.6 cm³/mol. The van der Waals surface area contributed by atoms with E-state index in [9.17, 15) is 13.2 Å². The maximum atomic E-state index is 11.5. The molecule has 0 heterocycles. The molecular formula is C11H22N2O3S. The second kappa shape index (κ2) is 6.35. The summed E-state index contributed by atoms with van der Waals surface area (Å²) in [4.78, 5) is 11.5. The van der Waals surface area contributed by atoms with Crippen molar-refractivity contribution < 1.29 is 13.2 Å². The number of carbonyl (C=O) groups excluding carboxylic acids is 1. The van der Waals surface area contributed by atoms with Gasteiger partial charge in [0, 0.05) is 11.8 Å². The molecule has 0 aromatic heterocycles. The van der Waals surface area contributed by atoms with Crippen molar-refractivity contribution >= 4 is 15.7 Å². The van der Waals surface area contributed by atoms with E-state index in [0.717, 1.165) is 12.8 Å². The zero-order valence-electron chi connectivity index (χ0n) is 10.5. The van der Waals surface area contributed by atoms with Crippen molar-refractivity contribution in [3.63, 3.8) is 0 Å². The Bertz CT molecular complexity index is 350. The number of carbonyl (C=O) groups is 1. The van der Waals surface area contributed by atoms with E-state index in [4.69, 9.17) is 0 Å². The van der Waals surface area contributed by atoms with Crippen LogP contribution in [-0.2, 0) is 14.6 Å². The molecule has 100 valence electrons. The van der Waals surface area contributed by atoms with Gasteiger partial charge in [0.2, 0.25) is 5.91 Å². The van der Waals surface area contributed by atoms with E-state index in [-0.39, 0.29) is 23.5 Å². The molecule has 1 aliphatic carbocycles. The van der Waals surface area contributed by atoms with Crippen LogP contribution < -0.4 is 10.6 Å². The van der Waals surface area contributed by atoms with Crippen molar-refractivity contribution in [1.29, 1.82) is 0 Å². The summed E-state index contributed by atoms with van der Waals surface area (Å²) in [6, 6.07) is 0.118. The molecule has 0 bridgehead atoms. The minimum Gasteiger partial charge on any atom is -0.352 e. The molecule has 1 amide bonds. The number of amides is 1. The van der Waals surface area contributed by atoms with E-state index in [2.05, 4.69) is 10.6 Å². The Balaban J connectivity index is 2.10. The first-order valence-corrected chi connectivity index (χ1v) is 8.01. The summed E-state index contributed by atoms with van der Waals surface area (Å²) in [6.45, 7) is 4.00. The van der Waals surface area contributed by atoms with Crippen LogP contribution in [-0.4, -0.2) is 44.5 Å². The Labute approximate surface area is 103 Å². The van der Waals surface area contributed by atoms with Crippen molar-refractivity contribution in [3.05, 3.63) is 0 Å². The molecule has 0 spiro atoms. The smallest absolute Gasteiger partial charge is 0.237 e. The van der Waals surface area contributed by atoms with Crippen molar-refractivity contribution in [2.24, 2.45) is 0 Å². The molecule has 0 aliphatic heterocycles. The first-order valence-electron chi connectivity index (χ1n) is 6.19. The summed E-state index contributed by atoms with van der Waals surface area (Å²) in [5, 5.41) is 5.94. The highest BCUT2D eigenvalue weighted by Crippen LogP contribution is 2.18. The molecule has 5 nitrogen and oxygen atoms in total. The molecule has 0 aromatic rings. The largest absolute Gasteiger partial charge is 0.352 e. The van der Waals surface area contributed by atoms with Crippen LogP contribution in [0.15, 0.2) is 0 Å². The van der Waals surface area contributed by atoms with Gasteiger partial charge in [0.05, 0.1) is 11.8 Å². The van der Waals surface area contributed by atoms with Crippen LogP contribution in [0.2, 0.25) is 0 Å². The zero-order chi connectivity index (χ0) is 12.9. The second-order valence-corrected chi connectivity index (χ2v) is 7.02. The standard InChI is InChI=1S/C11H22N2O3S/c1-3-17(15,16)8-4-7-12-9(2)11(14)13-10-5-6-10/h9-10,12H,3-8H2,1-2H3,(H,13,14). The van der Waals surface area contributed by atoms with Gasteiger partial charge in [-0.25, -0.2) is 8.42 Å². The molecule has 1 unspecified atom stereocenters. The predicted octanol–water partition coefficient (Wildman–Crippen LogP) is 0.0679. The third kappa shape index (κ3) is 6.02. The van der Waals surface area contributed by atoms with Gasteiger partial charge >= 0.3 is 0 Å². The van der Waals surface area contributed by atoms with Crippen molar-refractivity contribution in [2.75, 3.05) is 18.1 Å². The Morgan fingerprint density at radius 3 is 2.59 bits per heavy atom. The monoisotopic (exact) mass is 262 g/mol. The van der Waals surface area contributed by atoms with Crippen LogP contribution in [0.3, 0.4) is 0 Å². The molecule has 0 saturated heterocycles. The third-order valence-corrected chi connectivity index (χ3v) is 4.63. The van der Waals surface area contributed by atoms with Crippen molar-refractivity contribution in [2.45, 2.75) is 45.2 Å². The molecule has 1 atom stereocenters. The summed E-state index contributed by atoms with van der Waals surface area (Å²) in [6.07, 6.45) is 2.71. The molecule has 0 aromatic carbocycles. The summed E-state index contributed by atoms with van der Waals surface area (Å²) >= 11 is 0. The normalized spacial score (nSPS) is 17.8. The van der Waals surface area contributed by atoms with Gasteiger partial charge in [-0.2, -0.15) is 0 Å². The average Bonchev–Trinajstić information content (AvgIpc) is 3.08. The van der Waals surface area contributed by atoms with Gasteiger partial charge in [-0.05, 0) is 32.7 Å². The number of rotatable bonds is 8. The van der Waals surface area contributed by atoms with E-state index in [1.807, 2.05) is 0 Å². The average molecular weight is 262 g/mol. The van der Waals surface area contributed by atoms with E-state index in [1.54, 1.807) is 13.8 Å². The maximum absolute atomic E-state index is 11.5. The molecule has 0 radical (unpaired) electrons. The van der Waals surface area contributed by atoms with Crippen molar-refractivity contribution in [3.8, 4) is 0 Å². The van der Waals surface area contributed by atoms with Gasteiger partial charge in [-0.1, -0.05) is 6.92 Å². The number of hydrogen-bond acceptors (Lipinski definition) is 4. The van der Waals surface area contributed by atoms with Crippen LogP contribution in [0.5, 0.6) is 0 Å². The summed E-state index contributed by atoms with van der Waals surface area (Å²) in [5.74, 6) is 0.379. The maximum Gasteiger partial charge on any atom is 0.237 e. The lowest BCUT2D eigenvalue weighted by molar-refractivity contribution is -0.122. The molecule has 1 saturated carbocycles. The summed E-state index contributed by atoms with van der Waals surface area (Å²) in [5.41, 5.74) is 0. The number of sulfone groups is 1. The van der Waals surface area contributed by atoms with E-state index in [1.165, 1.54) is 0 Å². The fourth-order valence-corrected chi connectivity index (χ4v) is 2.27. The lowest BCUT2D eigenvalue weighted by Gasteiger charge is -2.13. The molecule has 1 rings (SSSR count). The van der Waals surface area contributed by atoms with Gasteiger partial charge in [-0.15, -0.1) is 0 Å². The molecule has 2 N–H and O–H groups in total. The molecule has 1 fully saturated rings. The highest BCUT2D eigenvalue weighted by atomic mass is 32.2. The van der Waals surface area contributed by atoms with E-state index < -0.39 is 9.84 Å². The van der Waals surface area contributed by atoms with Crippen LogP contribution in [0.25, 0.3) is 0 Å². The first kappa shape index (κ1) is 14.4. The van der Waals surface area contributed by atoms with Gasteiger partial charge in [-0.3, -0.25) is 4.79 Å². The summed E-state index contributed by atoms with van der Waals surface area (Å²) in [7, 11) is -2.89. The van der Waals surface area contributed by atoms with Gasteiger partial charge in [0.25, 0.3) is 0 Å². The minimum atomic E-state index is -2.89. The number of hydrogen-bond donors (Lipinski definition) is 2. The zero-order valence-corrected chi connectivity index (χ0v) is 11.3. The van der Waals surface area contributed by atoms with Crippen LogP contribution >= 0.6 is 0 Å². The highest BCUT2D eigenvalue weighted by molar-refractivity contribution is 7.91. The highest BCUT2D eigenvalue weighted by Gasteiger charge is 2.25. The van der Waals surface area contributed by atoms with E-state index in [0.29, 0.717) is 19.0 Å².